The fourth-order valence-corrected chi connectivity index (χ4v) is 3.54. The van der Waals surface area contributed by atoms with E-state index in [4.69, 9.17) is 4.74 Å². The highest BCUT2D eigenvalue weighted by atomic mass is 19.3. The average molecular weight is 475 g/mol. The van der Waals surface area contributed by atoms with Crippen molar-refractivity contribution in [2.24, 2.45) is 7.05 Å². The van der Waals surface area contributed by atoms with Gasteiger partial charge in [-0.15, -0.1) is 0 Å². The molecule has 0 unspecified atom stereocenters. The van der Waals surface area contributed by atoms with Crippen molar-refractivity contribution in [3.63, 3.8) is 0 Å². The highest BCUT2D eigenvalue weighted by Crippen LogP contribution is 2.31. The van der Waals surface area contributed by atoms with Crippen molar-refractivity contribution in [1.82, 2.24) is 24.1 Å². The molecule has 0 bridgehead atoms. The molecule has 0 fully saturated rings. The SMILES string of the molecule is CC(C)Oc1cc2nc(-c3cn(C)nc3C(F)F)cn2cc1CC(=O)c1cccc(C(F)F)n1. The number of halogens is 4. The molecule has 7 nitrogen and oxygen atoms in total. The molecule has 0 spiro atoms. The molecule has 4 heterocycles. The van der Waals surface area contributed by atoms with Gasteiger partial charge in [-0.3, -0.25) is 9.48 Å². The van der Waals surface area contributed by atoms with Crippen molar-refractivity contribution in [3.05, 3.63) is 65.5 Å². The number of carbonyl (C=O) groups excluding carboxylic acids is 1. The number of hydrogen-bond acceptors (Lipinski definition) is 5. The molecular formula is C23H21F4N5O2. The van der Waals surface area contributed by atoms with Crippen LogP contribution in [0.5, 0.6) is 5.75 Å². The molecule has 4 rings (SSSR count). The Morgan fingerprint density at radius 3 is 2.50 bits per heavy atom. The molecule has 4 aromatic heterocycles. The number of fused-ring (bicyclic) bond motifs is 1. The monoisotopic (exact) mass is 475 g/mol. The zero-order valence-corrected chi connectivity index (χ0v) is 18.5. The van der Waals surface area contributed by atoms with Crippen LogP contribution >= 0.6 is 0 Å². The molecule has 0 aliphatic carbocycles. The predicted octanol–water partition coefficient (Wildman–Crippen LogP) is 5.22. The number of alkyl halides is 4. The summed E-state index contributed by atoms with van der Waals surface area (Å²) in [7, 11) is 1.54. The summed E-state index contributed by atoms with van der Waals surface area (Å²) in [5.41, 5.74) is 0.419. The van der Waals surface area contributed by atoms with E-state index in [9.17, 15) is 22.4 Å². The smallest absolute Gasteiger partial charge is 0.282 e. The van der Waals surface area contributed by atoms with Crippen LogP contribution in [0.2, 0.25) is 0 Å². The minimum absolute atomic E-state index is 0.0864. The maximum atomic E-state index is 13.4. The molecule has 0 radical (unpaired) electrons. The van der Waals surface area contributed by atoms with E-state index in [1.54, 1.807) is 29.9 Å². The minimum atomic E-state index is -2.79. The van der Waals surface area contributed by atoms with Gasteiger partial charge in [-0.2, -0.15) is 5.10 Å². The Morgan fingerprint density at radius 2 is 1.82 bits per heavy atom. The second kappa shape index (κ2) is 9.24. The normalized spacial score (nSPS) is 11.8. The van der Waals surface area contributed by atoms with Gasteiger partial charge in [-0.05, 0) is 26.0 Å². The molecule has 0 amide bonds. The molecule has 0 saturated heterocycles. The predicted molar refractivity (Wildman–Crippen MR) is 115 cm³/mol. The zero-order chi connectivity index (χ0) is 24.6. The van der Waals surface area contributed by atoms with Gasteiger partial charge in [0.1, 0.15) is 28.5 Å². The Bertz CT molecular complexity index is 1350. The Morgan fingerprint density at radius 1 is 1.06 bits per heavy atom. The van der Waals surface area contributed by atoms with Crippen LogP contribution in [-0.2, 0) is 13.5 Å². The Hall–Kier alpha value is -3.76. The largest absolute Gasteiger partial charge is 0.491 e. The van der Waals surface area contributed by atoms with Crippen LogP contribution in [0.25, 0.3) is 16.9 Å². The third kappa shape index (κ3) is 4.78. The lowest BCUT2D eigenvalue weighted by atomic mass is 10.1. The Balaban J connectivity index is 1.74. The highest BCUT2D eigenvalue weighted by molar-refractivity contribution is 5.96. The average Bonchev–Trinajstić information content (AvgIpc) is 3.36. The molecule has 0 aliphatic heterocycles. The number of aryl methyl sites for hydroxylation is 1. The third-order valence-corrected chi connectivity index (χ3v) is 4.97. The van der Waals surface area contributed by atoms with E-state index >= 15 is 0 Å². The number of hydrogen-bond donors (Lipinski definition) is 0. The lowest BCUT2D eigenvalue weighted by Crippen LogP contribution is -2.12. The van der Waals surface area contributed by atoms with Gasteiger partial charge in [0.05, 0.1) is 11.8 Å². The van der Waals surface area contributed by atoms with Crippen LogP contribution in [0.1, 0.15) is 54.1 Å². The van der Waals surface area contributed by atoms with E-state index in [-0.39, 0.29) is 35.2 Å². The number of carbonyl (C=O) groups is 1. The molecular weight excluding hydrogens is 454 g/mol. The molecule has 0 aromatic carbocycles. The number of ketones is 1. The van der Waals surface area contributed by atoms with E-state index in [1.165, 1.54) is 23.0 Å². The lowest BCUT2D eigenvalue weighted by Gasteiger charge is -2.14. The van der Waals surface area contributed by atoms with Gasteiger partial charge in [0.25, 0.3) is 12.9 Å². The number of rotatable bonds is 8. The second-order valence-electron chi connectivity index (χ2n) is 7.97. The van der Waals surface area contributed by atoms with Gasteiger partial charge in [0.15, 0.2) is 5.78 Å². The Labute approximate surface area is 192 Å². The maximum absolute atomic E-state index is 13.4. The number of imidazole rings is 1. The van der Waals surface area contributed by atoms with Crippen molar-refractivity contribution in [2.75, 3.05) is 0 Å². The summed E-state index contributed by atoms with van der Waals surface area (Å²) in [6.07, 6.45) is -1.33. The first-order valence-electron chi connectivity index (χ1n) is 10.4. The third-order valence-electron chi connectivity index (χ3n) is 4.97. The fraction of sp³-hybridized carbons (Fsp3) is 0.304. The first kappa shape index (κ1) is 23.4. The van der Waals surface area contributed by atoms with Gasteiger partial charge >= 0.3 is 0 Å². The van der Waals surface area contributed by atoms with E-state index in [0.717, 1.165) is 6.07 Å². The molecule has 0 N–H and O–H groups in total. The minimum Gasteiger partial charge on any atom is -0.491 e. The second-order valence-corrected chi connectivity index (χ2v) is 7.97. The molecule has 0 aliphatic rings. The van der Waals surface area contributed by atoms with Gasteiger partial charge < -0.3 is 9.14 Å². The summed E-state index contributed by atoms with van der Waals surface area (Å²) in [5.74, 6) is -0.0960. The van der Waals surface area contributed by atoms with E-state index in [0.29, 0.717) is 17.0 Å². The van der Waals surface area contributed by atoms with Crippen LogP contribution in [0.3, 0.4) is 0 Å². The zero-order valence-electron chi connectivity index (χ0n) is 18.5. The number of Topliss-reactive ketones (excluding diaryl/α,β-unsaturated/α-hetero) is 1. The first-order chi connectivity index (χ1) is 16.1. The molecule has 0 saturated carbocycles. The fourth-order valence-electron chi connectivity index (χ4n) is 3.54. The standard InChI is InChI=1S/C23H21F4N5O2/c1-12(2)34-19-8-20-29-17(14-10-31(3)30-21(14)23(26)27)11-32(20)9-13(19)7-18(33)15-5-4-6-16(28-15)22(24)25/h4-6,8-12,22-23H,7H2,1-3H3. The molecule has 178 valence electrons. The van der Waals surface area contributed by atoms with E-state index in [1.807, 2.05) is 13.8 Å². The topological polar surface area (TPSA) is 74.3 Å². The first-order valence-corrected chi connectivity index (χ1v) is 10.4. The Kier molecular flexibility index (Phi) is 6.36. The van der Waals surface area contributed by atoms with Crippen molar-refractivity contribution < 1.29 is 27.1 Å². The summed E-state index contributed by atoms with van der Waals surface area (Å²) in [4.78, 5) is 21.0. The molecule has 11 heteroatoms. The van der Waals surface area contributed by atoms with Gasteiger partial charge in [0.2, 0.25) is 0 Å². The van der Waals surface area contributed by atoms with E-state index in [2.05, 4.69) is 15.1 Å². The summed E-state index contributed by atoms with van der Waals surface area (Å²) in [6.45, 7) is 3.62. The van der Waals surface area contributed by atoms with Gasteiger partial charge in [-0.1, -0.05) is 6.07 Å². The van der Waals surface area contributed by atoms with Gasteiger partial charge in [-0.25, -0.2) is 27.5 Å². The summed E-state index contributed by atoms with van der Waals surface area (Å²) < 4.78 is 61.5. The van der Waals surface area contributed by atoms with Crippen LogP contribution < -0.4 is 4.74 Å². The summed E-state index contributed by atoms with van der Waals surface area (Å²) in [5, 5.41) is 3.81. The highest BCUT2D eigenvalue weighted by Gasteiger charge is 2.22. The lowest BCUT2D eigenvalue weighted by molar-refractivity contribution is 0.0984. The number of aromatic nitrogens is 5. The number of ether oxygens (including phenoxy) is 1. The van der Waals surface area contributed by atoms with Crippen molar-refractivity contribution in [2.45, 2.75) is 39.2 Å². The van der Waals surface area contributed by atoms with Crippen LogP contribution in [0, 0.1) is 0 Å². The van der Waals surface area contributed by atoms with Crippen molar-refractivity contribution in [1.29, 1.82) is 0 Å². The van der Waals surface area contributed by atoms with Crippen molar-refractivity contribution in [3.8, 4) is 17.0 Å². The van der Waals surface area contributed by atoms with Crippen molar-refractivity contribution >= 4 is 11.4 Å². The van der Waals surface area contributed by atoms with E-state index < -0.39 is 24.3 Å². The summed E-state index contributed by atoms with van der Waals surface area (Å²) in [6, 6.07) is 5.49. The summed E-state index contributed by atoms with van der Waals surface area (Å²) >= 11 is 0. The quantitative estimate of drug-likeness (QED) is 0.258. The van der Waals surface area contributed by atoms with Crippen LogP contribution in [0.4, 0.5) is 17.6 Å². The van der Waals surface area contributed by atoms with Crippen LogP contribution in [-0.4, -0.2) is 36.0 Å². The maximum Gasteiger partial charge on any atom is 0.282 e. The molecule has 4 aromatic rings. The number of nitrogens with zero attached hydrogens (tertiary/aromatic N) is 5. The molecule has 34 heavy (non-hydrogen) atoms. The number of pyridine rings is 2. The molecule has 0 atom stereocenters. The van der Waals surface area contributed by atoms with Crippen LogP contribution in [0.15, 0.2) is 42.9 Å². The van der Waals surface area contributed by atoms with Gasteiger partial charge in [0, 0.05) is 49.3 Å².